The lowest BCUT2D eigenvalue weighted by Crippen LogP contribution is -2.25. The average Bonchev–Trinajstić information content (AvgIpc) is 2.90. The number of fused-ring (bicyclic) bond motifs is 6. The van der Waals surface area contributed by atoms with Gasteiger partial charge in [-0.25, -0.2) is 9.59 Å². The predicted octanol–water partition coefficient (Wildman–Crippen LogP) is 4.78. The maximum absolute atomic E-state index is 12.5. The molecule has 192 valence electrons. The smallest absolute Gasteiger partial charge is 0.339 e. The van der Waals surface area contributed by atoms with Crippen LogP contribution < -0.4 is 20.7 Å². The highest BCUT2D eigenvalue weighted by atomic mass is 16.5. The Bertz CT molecular complexity index is 1610. The highest BCUT2D eigenvalue weighted by molar-refractivity contribution is 5.89. The van der Waals surface area contributed by atoms with Gasteiger partial charge in [-0.05, 0) is 99.2 Å². The van der Waals surface area contributed by atoms with E-state index in [-0.39, 0.29) is 24.5 Å². The minimum atomic E-state index is -0.899. The zero-order chi connectivity index (χ0) is 25.5. The zero-order valence-electron chi connectivity index (χ0n) is 20.9. The first kappa shape index (κ1) is 23.8. The van der Waals surface area contributed by atoms with Crippen LogP contribution in [0.15, 0.2) is 48.8 Å². The van der Waals surface area contributed by atoms with Gasteiger partial charge in [0.2, 0.25) is 0 Å². The molecule has 0 saturated carbocycles. The minimum Gasteiger partial charge on any atom is -0.490 e. The number of benzene rings is 2. The van der Waals surface area contributed by atoms with Gasteiger partial charge in [0.15, 0.2) is 0 Å². The normalized spacial score (nSPS) is 15.8. The molecular formula is C30H30O7. The first-order chi connectivity index (χ1) is 18.0. The maximum Gasteiger partial charge on any atom is 0.339 e. The molecule has 1 unspecified atom stereocenters. The van der Waals surface area contributed by atoms with Crippen LogP contribution >= 0.6 is 0 Å². The van der Waals surface area contributed by atoms with Gasteiger partial charge < -0.3 is 23.4 Å². The third kappa shape index (κ3) is 4.42. The van der Waals surface area contributed by atoms with Crippen molar-refractivity contribution in [3.05, 3.63) is 79.0 Å². The van der Waals surface area contributed by atoms with Gasteiger partial charge in [-0.3, -0.25) is 0 Å². The molecule has 0 aliphatic heterocycles. The number of rotatable bonds is 6. The average molecular weight is 503 g/mol. The number of aryl methyl sites for hydroxylation is 3. The lowest BCUT2D eigenvalue weighted by Gasteiger charge is -2.21. The summed E-state index contributed by atoms with van der Waals surface area (Å²) < 4.78 is 23.3. The summed E-state index contributed by atoms with van der Waals surface area (Å²) in [5, 5.41) is 12.4. The molecule has 0 spiro atoms. The zero-order valence-corrected chi connectivity index (χ0v) is 20.9. The number of ether oxygens (including phenoxy) is 2. The third-order valence-electron chi connectivity index (χ3n) is 7.50. The van der Waals surface area contributed by atoms with E-state index < -0.39 is 6.10 Å². The van der Waals surface area contributed by atoms with Gasteiger partial charge in [0, 0.05) is 11.1 Å². The van der Waals surface area contributed by atoms with Crippen LogP contribution in [0.2, 0.25) is 0 Å². The van der Waals surface area contributed by atoms with Gasteiger partial charge in [0.25, 0.3) is 0 Å². The van der Waals surface area contributed by atoms with Crippen LogP contribution in [0, 0.1) is 6.92 Å². The molecule has 7 heteroatoms. The molecule has 0 radical (unpaired) electrons. The van der Waals surface area contributed by atoms with E-state index in [0.29, 0.717) is 35.5 Å². The van der Waals surface area contributed by atoms with Crippen molar-refractivity contribution in [3.63, 3.8) is 0 Å². The summed E-state index contributed by atoms with van der Waals surface area (Å²) in [6.45, 7) is 1.96. The van der Waals surface area contributed by atoms with Gasteiger partial charge in [0.05, 0.1) is 10.8 Å². The molecule has 6 rings (SSSR count). The Balaban J connectivity index is 1.23. The van der Waals surface area contributed by atoms with Crippen molar-refractivity contribution in [2.24, 2.45) is 0 Å². The fourth-order valence-electron chi connectivity index (χ4n) is 5.78. The Labute approximate surface area is 213 Å². The van der Waals surface area contributed by atoms with Crippen molar-refractivity contribution in [1.29, 1.82) is 0 Å². The van der Waals surface area contributed by atoms with E-state index in [1.165, 1.54) is 0 Å². The van der Waals surface area contributed by atoms with Gasteiger partial charge >= 0.3 is 11.3 Å². The van der Waals surface area contributed by atoms with E-state index in [2.05, 4.69) is 0 Å². The van der Waals surface area contributed by atoms with Crippen LogP contribution in [0.4, 0.5) is 0 Å². The largest absolute Gasteiger partial charge is 0.490 e. The molecule has 0 amide bonds. The second-order valence-corrected chi connectivity index (χ2v) is 10.1. The lowest BCUT2D eigenvalue weighted by atomic mass is 9.90. The number of aliphatic hydroxyl groups is 1. The summed E-state index contributed by atoms with van der Waals surface area (Å²) in [5.41, 5.74) is 4.88. The Morgan fingerprint density at radius 2 is 1.30 bits per heavy atom. The summed E-state index contributed by atoms with van der Waals surface area (Å²) in [6.07, 6.45) is 6.14. The van der Waals surface area contributed by atoms with Crippen molar-refractivity contribution in [3.8, 4) is 11.5 Å². The summed E-state index contributed by atoms with van der Waals surface area (Å²) in [5.74, 6) is 1.20. The second-order valence-electron chi connectivity index (χ2n) is 10.1. The molecular weight excluding hydrogens is 472 g/mol. The van der Waals surface area contributed by atoms with Crippen molar-refractivity contribution >= 4 is 21.9 Å². The summed E-state index contributed by atoms with van der Waals surface area (Å²) in [6, 6.07) is 9.18. The van der Waals surface area contributed by atoms with E-state index in [0.717, 1.165) is 77.1 Å². The van der Waals surface area contributed by atoms with Crippen LogP contribution in [-0.4, -0.2) is 24.4 Å². The standard InChI is InChI=1S/C30H30O7/c1-17-13-25(28-20-8-3-5-10-22(20)30(33)37-26(28)14-17)35-16-18(31)15-34-23-11-6-12-24-27(23)19-7-2-4-9-21(19)29(32)36-24/h6,11-14,18,31H,2-5,7-10,15-16H2,1H3. The molecule has 2 aliphatic rings. The van der Waals surface area contributed by atoms with Crippen molar-refractivity contribution in [1.82, 2.24) is 0 Å². The van der Waals surface area contributed by atoms with Crippen LogP contribution in [0.25, 0.3) is 21.9 Å². The third-order valence-corrected chi connectivity index (χ3v) is 7.50. The molecule has 37 heavy (non-hydrogen) atoms. The molecule has 2 aromatic heterocycles. The molecule has 4 aromatic rings. The molecule has 0 bridgehead atoms. The van der Waals surface area contributed by atoms with E-state index in [1.54, 1.807) is 12.1 Å². The second kappa shape index (κ2) is 9.71. The maximum atomic E-state index is 12.5. The van der Waals surface area contributed by atoms with Gasteiger partial charge in [0.1, 0.15) is 42.0 Å². The van der Waals surface area contributed by atoms with Crippen LogP contribution in [0.3, 0.4) is 0 Å². The summed E-state index contributed by atoms with van der Waals surface area (Å²) in [7, 11) is 0. The van der Waals surface area contributed by atoms with Gasteiger partial charge in [-0.1, -0.05) is 6.07 Å². The molecule has 2 heterocycles. The fourth-order valence-corrected chi connectivity index (χ4v) is 5.78. The summed E-state index contributed by atoms with van der Waals surface area (Å²) >= 11 is 0. The molecule has 0 fully saturated rings. The molecule has 0 saturated heterocycles. The minimum absolute atomic E-state index is 0.0178. The number of hydrogen-bond donors (Lipinski definition) is 1. The van der Waals surface area contributed by atoms with Crippen LogP contribution in [0.1, 0.15) is 53.5 Å². The Kier molecular flexibility index (Phi) is 6.24. The van der Waals surface area contributed by atoms with Gasteiger partial charge in [-0.15, -0.1) is 0 Å². The number of aliphatic hydroxyl groups excluding tert-OH is 1. The highest BCUT2D eigenvalue weighted by Gasteiger charge is 2.23. The van der Waals surface area contributed by atoms with Crippen molar-refractivity contribution in [2.45, 2.75) is 64.4 Å². The predicted molar refractivity (Wildman–Crippen MR) is 140 cm³/mol. The van der Waals surface area contributed by atoms with E-state index in [9.17, 15) is 14.7 Å². The Hall–Kier alpha value is -3.58. The first-order valence-corrected chi connectivity index (χ1v) is 13.1. The van der Waals surface area contributed by atoms with Crippen LogP contribution in [0.5, 0.6) is 11.5 Å². The lowest BCUT2D eigenvalue weighted by molar-refractivity contribution is 0.0636. The fraction of sp³-hybridized carbons (Fsp3) is 0.400. The monoisotopic (exact) mass is 502 g/mol. The molecule has 7 nitrogen and oxygen atoms in total. The molecule has 2 aliphatic carbocycles. The Morgan fingerprint density at radius 3 is 1.95 bits per heavy atom. The van der Waals surface area contributed by atoms with Crippen LogP contribution in [-0.2, 0) is 25.7 Å². The quantitative estimate of drug-likeness (QED) is 0.379. The first-order valence-electron chi connectivity index (χ1n) is 13.1. The van der Waals surface area contributed by atoms with E-state index in [4.69, 9.17) is 18.3 Å². The Morgan fingerprint density at radius 1 is 0.757 bits per heavy atom. The SMILES string of the molecule is Cc1cc(OCC(O)COc2cccc3oc(=O)c4c(c23)CCCC4)c2c3c(c(=O)oc2c1)CCCC3. The summed E-state index contributed by atoms with van der Waals surface area (Å²) in [4.78, 5) is 24.9. The van der Waals surface area contributed by atoms with Gasteiger partial charge in [-0.2, -0.15) is 0 Å². The number of hydrogen-bond acceptors (Lipinski definition) is 7. The molecule has 1 N–H and O–H groups in total. The van der Waals surface area contributed by atoms with E-state index in [1.807, 2.05) is 25.1 Å². The van der Waals surface area contributed by atoms with Crippen molar-refractivity contribution in [2.75, 3.05) is 13.2 Å². The topological polar surface area (TPSA) is 99.1 Å². The molecule has 2 aromatic carbocycles. The van der Waals surface area contributed by atoms with Crippen molar-refractivity contribution < 1.29 is 23.4 Å². The van der Waals surface area contributed by atoms with E-state index >= 15 is 0 Å². The molecule has 1 atom stereocenters. The highest BCUT2D eigenvalue weighted by Crippen LogP contribution is 2.35.